The Morgan fingerprint density at radius 1 is 1.13 bits per heavy atom. The fraction of sp³-hybridized carbons (Fsp3) is 0.944. The summed E-state index contributed by atoms with van der Waals surface area (Å²) in [7, 11) is 0. The Hall–Kier alpha value is -0.810. The van der Waals surface area contributed by atoms with Crippen LogP contribution in [0.2, 0.25) is 0 Å². The van der Waals surface area contributed by atoms with Crippen LogP contribution in [-0.4, -0.2) is 41.0 Å². The minimum atomic E-state index is -0.681. The van der Waals surface area contributed by atoms with Crippen molar-refractivity contribution in [2.24, 2.45) is 11.8 Å². The highest BCUT2D eigenvalue weighted by molar-refractivity contribution is 5.68. The molecule has 2 fully saturated rings. The van der Waals surface area contributed by atoms with Gasteiger partial charge in [-0.3, -0.25) is 0 Å². The molecule has 2 bridgehead atoms. The molecule has 0 saturated heterocycles. The van der Waals surface area contributed by atoms with Crippen LogP contribution < -0.4 is 10.6 Å². The van der Waals surface area contributed by atoms with Crippen LogP contribution in [-0.2, 0) is 4.74 Å². The van der Waals surface area contributed by atoms with E-state index in [2.05, 4.69) is 10.6 Å². The summed E-state index contributed by atoms with van der Waals surface area (Å²) in [6.07, 6.45) is 5.37. The lowest BCUT2D eigenvalue weighted by Crippen LogP contribution is -2.56. The van der Waals surface area contributed by atoms with Crippen LogP contribution in [0.1, 0.15) is 66.7 Å². The van der Waals surface area contributed by atoms with E-state index in [0.29, 0.717) is 24.4 Å². The van der Waals surface area contributed by atoms with Gasteiger partial charge in [0.05, 0.1) is 5.60 Å². The predicted molar refractivity (Wildman–Crippen MR) is 91.3 cm³/mol. The average molecular weight is 326 g/mol. The number of rotatable bonds is 4. The van der Waals surface area contributed by atoms with E-state index in [1.807, 2.05) is 34.6 Å². The fourth-order valence-corrected chi connectivity index (χ4v) is 4.04. The van der Waals surface area contributed by atoms with Crippen LogP contribution in [0.5, 0.6) is 0 Å². The lowest BCUT2D eigenvalue weighted by atomic mass is 9.66. The molecule has 2 atom stereocenters. The summed E-state index contributed by atoms with van der Waals surface area (Å²) in [6, 6.07) is 0.673. The molecular weight excluding hydrogens is 292 g/mol. The maximum absolute atomic E-state index is 12.0. The minimum absolute atomic E-state index is 0.209. The number of carbonyl (C=O) groups excluding carboxylic acids is 1. The van der Waals surface area contributed by atoms with Gasteiger partial charge >= 0.3 is 6.09 Å². The molecule has 134 valence electrons. The molecule has 5 heteroatoms. The van der Waals surface area contributed by atoms with Crippen LogP contribution in [0, 0.1) is 11.8 Å². The van der Waals surface area contributed by atoms with Gasteiger partial charge in [-0.05, 0) is 72.1 Å². The normalized spacial score (nSPS) is 31.6. The molecule has 2 unspecified atom stereocenters. The molecule has 2 aliphatic rings. The number of fused-ring (bicyclic) bond motifs is 2. The molecule has 0 aromatic carbocycles. The first-order valence-corrected chi connectivity index (χ1v) is 8.99. The van der Waals surface area contributed by atoms with Crippen LogP contribution in [0.25, 0.3) is 0 Å². The fourth-order valence-electron chi connectivity index (χ4n) is 4.04. The third kappa shape index (κ3) is 5.96. The number of hydrogen-bond donors (Lipinski definition) is 3. The number of hydrogen-bond acceptors (Lipinski definition) is 4. The van der Waals surface area contributed by atoms with E-state index >= 15 is 0 Å². The molecule has 0 spiro atoms. The Morgan fingerprint density at radius 3 is 2.17 bits per heavy atom. The lowest BCUT2D eigenvalue weighted by molar-refractivity contribution is 0.0344. The largest absolute Gasteiger partial charge is 0.444 e. The lowest BCUT2D eigenvalue weighted by Gasteiger charge is -2.47. The highest BCUT2D eigenvalue weighted by Crippen LogP contribution is 2.40. The van der Waals surface area contributed by atoms with Crippen molar-refractivity contribution in [3.8, 4) is 0 Å². The molecule has 0 radical (unpaired) electrons. The highest BCUT2D eigenvalue weighted by atomic mass is 16.6. The first-order chi connectivity index (χ1) is 10.5. The van der Waals surface area contributed by atoms with Crippen LogP contribution in [0.3, 0.4) is 0 Å². The molecule has 2 saturated carbocycles. The number of alkyl carbamates (subject to hydrolysis) is 1. The van der Waals surface area contributed by atoms with E-state index < -0.39 is 11.2 Å². The van der Waals surface area contributed by atoms with Gasteiger partial charge in [-0.2, -0.15) is 0 Å². The van der Waals surface area contributed by atoms with Gasteiger partial charge < -0.3 is 20.5 Å². The van der Waals surface area contributed by atoms with E-state index in [9.17, 15) is 9.90 Å². The Kier molecular flexibility index (Phi) is 5.62. The molecule has 5 nitrogen and oxygen atoms in total. The van der Waals surface area contributed by atoms with Gasteiger partial charge in [-0.25, -0.2) is 4.79 Å². The maximum Gasteiger partial charge on any atom is 0.407 e. The van der Waals surface area contributed by atoms with Crippen LogP contribution in [0.15, 0.2) is 0 Å². The number of amides is 1. The Labute approximate surface area is 140 Å². The van der Waals surface area contributed by atoms with E-state index in [1.54, 1.807) is 0 Å². The number of carbonyl (C=O) groups is 1. The summed E-state index contributed by atoms with van der Waals surface area (Å²) in [4.78, 5) is 12.0. The van der Waals surface area contributed by atoms with Gasteiger partial charge in [0.15, 0.2) is 0 Å². The summed E-state index contributed by atoms with van der Waals surface area (Å²) < 4.78 is 5.38. The zero-order chi connectivity index (χ0) is 17.3. The smallest absolute Gasteiger partial charge is 0.407 e. The second kappa shape index (κ2) is 6.98. The number of nitrogens with one attached hydrogen (secondary N) is 2. The van der Waals surface area contributed by atoms with Gasteiger partial charge in [-0.15, -0.1) is 0 Å². The van der Waals surface area contributed by atoms with Crippen molar-refractivity contribution < 1.29 is 14.6 Å². The third-order valence-electron chi connectivity index (χ3n) is 4.83. The van der Waals surface area contributed by atoms with Gasteiger partial charge in [0, 0.05) is 18.6 Å². The standard InChI is InChI=1S/C18H34N2O3/c1-17(2,3)23-16(21)20-14-9-12-7-6-8-13(10-14)15(12)19-11-18(4,5)22/h12-15,19,22H,6-11H2,1-5H3,(H,20,21). The summed E-state index contributed by atoms with van der Waals surface area (Å²) in [5, 5.41) is 16.6. The van der Waals surface area contributed by atoms with E-state index in [4.69, 9.17) is 4.74 Å². The molecule has 23 heavy (non-hydrogen) atoms. The van der Waals surface area contributed by atoms with Crippen LogP contribution in [0.4, 0.5) is 4.79 Å². The van der Waals surface area contributed by atoms with Crippen LogP contribution >= 0.6 is 0 Å². The van der Waals surface area contributed by atoms with Crippen molar-refractivity contribution in [3.63, 3.8) is 0 Å². The summed E-state index contributed by atoms with van der Waals surface area (Å²) in [6.45, 7) is 9.96. The Bertz CT molecular complexity index is 397. The van der Waals surface area contributed by atoms with E-state index in [0.717, 1.165) is 12.8 Å². The average Bonchev–Trinajstić information content (AvgIpc) is 2.32. The minimum Gasteiger partial charge on any atom is -0.444 e. The first-order valence-electron chi connectivity index (χ1n) is 8.99. The second-order valence-corrected chi connectivity index (χ2v) is 8.98. The predicted octanol–water partition coefficient (Wildman–Crippen LogP) is 2.82. The maximum atomic E-state index is 12.0. The summed E-state index contributed by atoms with van der Waals surface area (Å²) in [5.41, 5.74) is -1.13. The molecule has 0 aromatic rings. The van der Waals surface area contributed by atoms with Crippen molar-refractivity contribution >= 4 is 6.09 Å². The Morgan fingerprint density at radius 2 is 1.70 bits per heavy atom. The molecule has 0 aliphatic heterocycles. The molecule has 0 heterocycles. The SMILES string of the molecule is CC(C)(O)CNC1C2CCCC1CC(NC(=O)OC(C)(C)C)C2. The topological polar surface area (TPSA) is 70.6 Å². The zero-order valence-corrected chi connectivity index (χ0v) is 15.3. The molecule has 1 amide bonds. The summed E-state index contributed by atoms with van der Waals surface area (Å²) >= 11 is 0. The van der Waals surface area contributed by atoms with Crippen molar-refractivity contribution in [1.29, 1.82) is 0 Å². The van der Waals surface area contributed by atoms with Crippen molar-refractivity contribution in [3.05, 3.63) is 0 Å². The summed E-state index contributed by atoms with van der Waals surface area (Å²) in [5.74, 6) is 1.15. The van der Waals surface area contributed by atoms with Gasteiger partial charge in [-0.1, -0.05) is 6.42 Å². The second-order valence-electron chi connectivity index (χ2n) is 8.98. The molecule has 2 aliphatic carbocycles. The third-order valence-corrected chi connectivity index (χ3v) is 4.83. The molecule has 3 N–H and O–H groups in total. The van der Waals surface area contributed by atoms with E-state index in [-0.39, 0.29) is 12.1 Å². The zero-order valence-electron chi connectivity index (χ0n) is 15.3. The van der Waals surface area contributed by atoms with Crippen molar-refractivity contribution in [2.45, 2.75) is 90.0 Å². The van der Waals surface area contributed by atoms with Crippen molar-refractivity contribution in [2.75, 3.05) is 6.54 Å². The Balaban J connectivity index is 1.89. The van der Waals surface area contributed by atoms with Gasteiger partial charge in [0.25, 0.3) is 0 Å². The quantitative estimate of drug-likeness (QED) is 0.743. The monoisotopic (exact) mass is 326 g/mol. The van der Waals surface area contributed by atoms with Gasteiger partial charge in [0.2, 0.25) is 0 Å². The molecule has 0 aromatic heterocycles. The first kappa shape index (κ1) is 18.5. The molecule has 2 rings (SSSR count). The highest BCUT2D eigenvalue weighted by Gasteiger charge is 2.41. The number of aliphatic hydroxyl groups is 1. The van der Waals surface area contributed by atoms with E-state index in [1.165, 1.54) is 19.3 Å². The number of ether oxygens (including phenoxy) is 1. The molecular formula is C18H34N2O3. The van der Waals surface area contributed by atoms with Crippen molar-refractivity contribution in [1.82, 2.24) is 10.6 Å². The van der Waals surface area contributed by atoms with Gasteiger partial charge in [0.1, 0.15) is 5.60 Å².